The Hall–Kier alpha value is -2.48. The van der Waals surface area contributed by atoms with Crippen molar-refractivity contribution in [1.82, 2.24) is 4.98 Å². The van der Waals surface area contributed by atoms with Gasteiger partial charge in [-0.05, 0) is 30.3 Å². The number of hydrogen-bond acceptors (Lipinski definition) is 4. The van der Waals surface area contributed by atoms with Crippen LogP contribution in [0.1, 0.15) is 5.56 Å². The first-order valence-corrected chi connectivity index (χ1v) is 6.62. The Kier molecular flexibility index (Phi) is 4.95. The molecule has 0 fully saturated rings. The number of nitrogens with one attached hydrogen (secondary N) is 2. The molecule has 1 amide bonds. The lowest BCUT2D eigenvalue weighted by molar-refractivity contribution is -0.137. The number of pyridine rings is 1. The lowest BCUT2D eigenvalue weighted by Crippen LogP contribution is -2.11. The van der Waals surface area contributed by atoms with Crippen LogP contribution in [0.5, 0.6) is 0 Å². The van der Waals surface area contributed by atoms with Gasteiger partial charge in [-0.2, -0.15) is 13.2 Å². The molecule has 1 aromatic carbocycles. The van der Waals surface area contributed by atoms with E-state index in [1.54, 1.807) is 6.07 Å². The van der Waals surface area contributed by atoms with Crippen LogP contribution in [0.3, 0.4) is 0 Å². The third kappa shape index (κ3) is 4.49. The predicted molar refractivity (Wildman–Crippen MR) is 80.0 cm³/mol. The Labute approximate surface area is 134 Å². The van der Waals surface area contributed by atoms with Crippen molar-refractivity contribution >= 4 is 34.9 Å². The average molecular weight is 346 g/mol. The minimum Gasteiger partial charge on any atom is -0.453 e. The van der Waals surface area contributed by atoms with Gasteiger partial charge >= 0.3 is 12.3 Å². The van der Waals surface area contributed by atoms with Gasteiger partial charge in [0.05, 0.1) is 29.6 Å². The Morgan fingerprint density at radius 1 is 1.22 bits per heavy atom. The van der Waals surface area contributed by atoms with Gasteiger partial charge in [0.1, 0.15) is 5.82 Å². The van der Waals surface area contributed by atoms with Gasteiger partial charge in [-0.1, -0.05) is 11.6 Å². The first-order valence-electron chi connectivity index (χ1n) is 6.24. The van der Waals surface area contributed by atoms with Crippen LogP contribution in [0.25, 0.3) is 0 Å². The molecule has 0 bridgehead atoms. The number of benzene rings is 1. The molecule has 2 aromatic rings. The summed E-state index contributed by atoms with van der Waals surface area (Å²) in [6.45, 7) is 0. The maximum Gasteiger partial charge on any atom is 0.417 e. The van der Waals surface area contributed by atoms with Crippen LogP contribution in [0.2, 0.25) is 5.02 Å². The maximum absolute atomic E-state index is 12.8. The Morgan fingerprint density at radius 3 is 2.48 bits per heavy atom. The monoisotopic (exact) mass is 345 g/mol. The minimum absolute atomic E-state index is 0.206. The van der Waals surface area contributed by atoms with E-state index in [9.17, 15) is 18.0 Å². The number of hydrogen-bond donors (Lipinski definition) is 2. The predicted octanol–water partition coefficient (Wildman–Crippen LogP) is 4.68. The highest BCUT2D eigenvalue weighted by molar-refractivity contribution is 6.31. The molecular formula is C14H11ClF3N3O2. The fraction of sp³-hybridized carbons (Fsp3) is 0.143. The van der Waals surface area contributed by atoms with E-state index in [1.807, 2.05) is 0 Å². The number of carbonyl (C=O) groups is 1. The molecule has 0 radical (unpaired) electrons. The molecule has 122 valence electrons. The SMILES string of the molecule is COC(=O)Nc1ccc(Nc2ccc(Cl)c(C(F)(F)F)c2)cn1. The summed E-state index contributed by atoms with van der Waals surface area (Å²) in [6.07, 6.45) is -3.86. The lowest BCUT2D eigenvalue weighted by atomic mass is 10.2. The summed E-state index contributed by atoms with van der Waals surface area (Å²) in [6, 6.07) is 6.49. The second kappa shape index (κ2) is 6.74. The summed E-state index contributed by atoms with van der Waals surface area (Å²) < 4.78 is 42.8. The second-order valence-corrected chi connectivity index (χ2v) is 4.77. The molecular weight excluding hydrogens is 335 g/mol. The largest absolute Gasteiger partial charge is 0.453 e. The van der Waals surface area contributed by atoms with Gasteiger partial charge in [-0.3, -0.25) is 5.32 Å². The average Bonchev–Trinajstić information content (AvgIpc) is 2.50. The van der Waals surface area contributed by atoms with Gasteiger partial charge in [0.25, 0.3) is 0 Å². The molecule has 0 saturated heterocycles. The summed E-state index contributed by atoms with van der Waals surface area (Å²) in [5.41, 5.74) is -0.283. The fourth-order valence-electron chi connectivity index (χ4n) is 1.68. The Morgan fingerprint density at radius 2 is 1.91 bits per heavy atom. The van der Waals surface area contributed by atoms with E-state index in [0.29, 0.717) is 5.69 Å². The number of methoxy groups -OCH3 is 1. The van der Waals surface area contributed by atoms with Crippen molar-refractivity contribution in [2.45, 2.75) is 6.18 Å². The van der Waals surface area contributed by atoms with E-state index in [4.69, 9.17) is 11.6 Å². The van der Waals surface area contributed by atoms with Crippen LogP contribution in [-0.4, -0.2) is 18.2 Å². The number of rotatable bonds is 3. The number of amides is 1. The number of nitrogens with zero attached hydrogens (tertiary/aromatic N) is 1. The maximum atomic E-state index is 12.8. The highest BCUT2D eigenvalue weighted by Crippen LogP contribution is 2.36. The first kappa shape index (κ1) is 16.9. The third-order valence-electron chi connectivity index (χ3n) is 2.74. The summed E-state index contributed by atoms with van der Waals surface area (Å²) in [4.78, 5) is 14.9. The zero-order valence-electron chi connectivity index (χ0n) is 11.7. The zero-order valence-corrected chi connectivity index (χ0v) is 12.5. The quantitative estimate of drug-likeness (QED) is 0.848. The molecule has 0 aliphatic carbocycles. The van der Waals surface area contributed by atoms with E-state index < -0.39 is 17.8 Å². The van der Waals surface area contributed by atoms with Crippen molar-refractivity contribution in [3.8, 4) is 0 Å². The number of aromatic nitrogens is 1. The van der Waals surface area contributed by atoms with Crippen molar-refractivity contribution in [3.63, 3.8) is 0 Å². The number of carbonyl (C=O) groups excluding carboxylic acids is 1. The smallest absolute Gasteiger partial charge is 0.417 e. The summed E-state index contributed by atoms with van der Waals surface area (Å²) in [5.74, 6) is 0.245. The zero-order chi connectivity index (χ0) is 17.0. The van der Waals surface area contributed by atoms with Gasteiger partial charge in [-0.25, -0.2) is 9.78 Å². The van der Waals surface area contributed by atoms with Gasteiger partial charge in [0.2, 0.25) is 0 Å². The van der Waals surface area contributed by atoms with E-state index >= 15 is 0 Å². The van der Waals surface area contributed by atoms with E-state index in [1.165, 1.54) is 25.4 Å². The molecule has 5 nitrogen and oxygen atoms in total. The normalized spacial score (nSPS) is 11.0. The topological polar surface area (TPSA) is 63.2 Å². The van der Waals surface area contributed by atoms with Crippen molar-refractivity contribution in [1.29, 1.82) is 0 Å². The first-order chi connectivity index (χ1) is 10.8. The van der Waals surface area contributed by atoms with Gasteiger partial charge in [-0.15, -0.1) is 0 Å². The molecule has 1 aromatic heterocycles. The summed E-state index contributed by atoms with van der Waals surface area (Å²) >= 11 is 5.55. The van der Waals surface area contributed by atoms with Crippen molar-refractivity contribution < 1.29 is 22.7 Å². The van der Waals surface area contributed by atoms with Crippen LogP contribution in [0.15, 0.2) is 36.5 Å². The standard InChI is InChI=1S/C14H11ClF3N3O2/c1-23-13(22)21-12-5-3-9(7-19-12)20-8-2-4-11(15)10(6-8)14(16,17)18/h2-7,20H,1H3,(H,19,21,22). The molecule has 0 atom stereocenters. The van der Waals surface area contributed by atoms with Crippen LogP contribution in [0.4, 0.5) is 35.2 Å². The molecule has 9 heteroatoms. The molecule has 0 spiro atoms. The minimum atomic E-state index is -4.54. The van der Waals surface area contributed by atoms with Gasteiger partial charge < -0.3 is 10.1 Å². The van der Waals surface area contributed by atoms with Crippen molar-refractivity contribution in [2.24, 2.45) is 0 Å². The molecule has 0 aliphatic rings. The highest BCUT2D eigenvalue weighted by atomic mass is 35.5. The highest BCUT2D eigenvalue weighted by Gasteiger charge is 2.33. The van der Waals surface area contributed by atoms with Crippen LogP contribution in [-0.2, 0) is 10.9 Å². The number of halogens is 4. The third-order valence-corrected chi connectivity index (χ3v) is 3.07. The van der Waals surface area contributed by atoms with Crippen molar-refractivity contribution in [2.75, 3.05) is 17.7 Å². The van der Waals surface area contributed by atoms with Gasteiger partial charge in [0.15, 0.2) is 0 Å². The Bertz CT molecular complexity index is 705. The molecule has 0 unspecified atom stereocenters. The lowest BCUT2D eigenvalue weighted by Gasteiger charge is -2.12. The van der Waals surface area contributed by atoms with Crippen molar-refractivity contribution in [3.05, 3.63) is 47.1 Å². The van der Waals surface area contributed by atoms with Crippen LogP contribution >= 0.6 is 11.6 Å². The Balaban J connectivity index is 2.15. The molecule has 23 heavy (non-hydrogen) atoms. The number of alkyl halides is 3. The van der Waals surface area contributed by atoms with E-state index in [-0.39, 0.29) is 16.5 Å². The summed E-state index contributed by atoms with van der Waals surface area (Å²) in [5, 5.41) is 4.75. The van der Waals surface area contributed by atoms with E-state index in [2.05, 4.69) is 20.4 Å². The van der Waals surface area contributed by atoms with Crippen LogP contribution in [0, 0.1) is 0 Å². The molecule has 0 aliphatic heterocycles. The van der Waals surface area contributed by atoms with Crippen LogP contribution < -0.4 is 10.6 Å². The number of anilines is 3. The summed E-state index contributed by atoms with van der Waals surface area (Å²) in [7, 11) is 1.21. The fourth-order valence-corrected chi connectivity index (χ4v) is 1.91. The molecule has 2 rings (SSSR count). The molecule has 0 saturated carbocycles. The molecule has 1 heterocycles. The molecule has 2 N–H and O–H groups in total. The van der Waals surface area contributed by atoms with Gasteiger partial charge in [0, 0.05) is 5.69 Å². The van der Waals surface area contributed by atoms with E-state index in [0.717, 1.165) is 12.1 Å². The number of ether oxygens (including phenoxy) is 1. The second-order valence-electron chi connectivity index (χ2n) is 4.37.